The van der Waals surface area contributed by atoms with Gasteiger partial charge in [-0.3, -0.25) is 0 Å². The Morgan fingerprint density at radius 2 is 2.00 bits per heavy atom. The van der Waals surface area contributed by atoms with Crippen LogP contribution in [0.3, 0.4) is 0 Å². The van der Waals surface area contributed by atoms with Crippen LogP contribution in [0.2, 0.25) is 0 Å². The summed E-state index contributed by atoms with van der Waals surface area (Å²) in [5.74, 6) is 0.182. The van der Waals surface area contributed by atoms with E-state index in [9.17, 15) is 8.78 Å². The van der Waals surface area contributed by atoms with E-state index in [4.69, 9.17) is 0 Å². The van der Waals surface area contributed by atoms with E-state index in [0.29, 0.717) is 0 Å². The van der Waals surface area contributed by atoms with Gasteiger partial charge in [0.05, 0.1) is 6.04 Å². The molecule has 2 aromatic rings. The number of aryl methyl sites for hydroxylation is 1. The first-order valence-corrected chi connectivity index (χ1v) is 6.70. The van der Waals surface area contributed by atoms with Crippen molar-refractivity contribution in [3.63, 3.8) is 0 Å². The van der Waals surface area contributed by atoms with E-state index in [2.05, 4.69) is 10.1 Å². The molecule has 0 aliphatic heterocycles. The number of thiophene rings is 1. The SMILES string of the molecule is CNC(c1cccc(OC(F)F)c1)c1ccc(C)s1. The number of hydrogen-bond acceptors (Lipinski definition) is 3. The van der Waals surface area contributed by atoms with Gasteiger partial charge >= 0.3 is 6.61 Å². The fourth-order valence-corrected chi connectivity index (χ4v) is 2.97. The largest absolute Gasteiger partial charge is 0.435 e. The first kappa shape index (κ1) is 14.0. The van der Waals surface area contributed by atoms with E-state index < -0.39 is 6.61 Å². The summed E-state index contributed by atoms with van der Waals surface area (Å²) in [6.45, 7) is -0.760. The third-order valence-corrected chi connectivity index (χ3v) is 3.82. The molecule has 1 atom stereocenters. The van der Waals surface area contributed by atoms with Gasteiger partial charge in [0.25, 0.3) is 0 Å². The van der Waals surface area contributed by atoms with Gasteiger partial charge in [0, 0.05) is 9.75 Å². The summed E-state index contributed by atoms with van der Waals surface area (Å²) in [7, 11) is 1.85. The van der Waals surface area contributed by atoms with Gasteiger partial charge in [0.15, 0.2) is 0 Å². The van der Waals surface area contributed by atoms with Gasteiger partial charge in [-0.25, -0.2) is 0 Å². The van der Waals surface area contributed by atoms with E-state index >= 15 is 0 Å². The predicted molar refractivity (Wildman–Crippen MR) is 73.0 cm³/mol. The average molecular weight is 283 g/mol. The number of halogens is 2. The highest BCUT2D eigenvalue weighted by molar-refractivity contribution is 7.12. The van der Waals surface area contributed by atoms with Gasteiger partial charge in [-0.1, -0.05) is 12.1 Å². The standard InChI is InChI=1S/C14H15F2NOS/c1-9-6-7-12(19-9)13(17-2)10-4-3-5-11(8-10)18-14(15)16/h3-8,13-14,17H,1-2H3. The molecule has 2 rings (SSSR count). The molecule has 0 radical (unpaired) electrons. The molecule has 1 aromatic carbocycles. The van der Waals surface area contributed by atoms with E-state index in [1.54, 1.807) is 23.5 Å². The number of rotatable bonds is 5. The average Bonchev–Trinajstić information content (AvgIpc) is 2.76. The molecule has 0 amide bonds. The van der Waals surface area contributed by atoms with Crippen LogP contribution >= 0.6 is 11.3 Å². The summed E-state index contributed by atoms with van der Waals surface area (Å²) in [6.07, 6.45) is 0. The second kappa shape index (κ2) is 6.12. The highest BCUT2D eigenvalue weighted by Gasteiger charge is 2.15. The Hall–Kier alpha value is -1.46. The van der Waals surface area contributed by atoms with E-state index in [1.807, 2.05) is 32.2 Å². The minimum absolute atomic E-state index is 0.0140. The molecule has 2 nitrogen and oxygen atoms in total. The molecule has 0 saturated heterocycles. The topological polar surface area (TPSA) is 21.3 Å². The maximum atomic E-state index is 12.2. The van der Waals surface area contributed by atoms with Crippen LogP contribution in [-0.4, -0.2) is 13.7 Å². The molecular formula is C14H15F2NOS. The molecule has 1 unspecified atom stereocenters. The van der Waals surface area contributed by atoms with Crippen molar-refractivity contribution >= 4 is 11.3 Å². The number of benzene rings is 1. The van der Waals surface area contributed by atoms with Gasteiger partial charge < -0.3 is 10.1 Å². The Bertz CT molecular complexity index is 542. The van der Waals surface area contributed by atoms with Crippen molar-refractivity contribution in [2.45, 2.75) is 19.6 Å². The quantitative estimate of drug-likeness (QED) is 0.896. The number of alkyl halides is 2. The van der Waals surface area contributed by atoms with Crippen LogP contribution in [0.15, 0.2) is 36.4 Å². The Morgan fingerprint density at radius 3 is 2.58 bits per heavy atom. The molecule has 0 aliphatic carbocycles. The van der Waals surface area contributed by atoms with Crippen LogP contribution in [0, 0.1) is 6.92 Å². The van der Waals surface area contributed by atoms with Crippen molar-refractivity contribution in [2.24, 2.45) is 0 Å². The summed E-state index contributed by atoms with van der Waals surface area (Å²) in [5, 5.41) is 3.20. The molecule has 0 saturated carbocycles. The Balaban J connectivity index is 2.28. The molecule has 19 heavy (non-hydrogen) atoms. The summed E-state index contributed by atoms with van der Waals surface area (Å²) >= 11 is 1.68. The second-order valence-electron chi connectivity index (χ2n) is 4.12. The fraction of sp³-hybridized carbons (Fsp3) is 0.286. The van der Waals surface area contributed by atoms with Gasteiger partial charge in [-0.2, -0.15) is 8.78 Å². The maximum absolute atomic E-state index is 12.2. The molecule has 0 fully saturated rings. The maximum Gasteiger partial charge on any atom is 0.387 e. The Labute approximate surface area is 115 Å². The molecule has 102 valence electrons. The van der Waals surface area contributed by atoms with Crippen molar-refractivity contribution in [2.75, 3.05) is 7.05 Å². The smallest absolute Gasteiger partial charge is 0.387 e. The molecule has 1 N–H and O–H groups in total. The predicted octanol–water partition coefficient (Wildman–Crippen LogP) is 3.97. The minimum atomic E-state index is -2.80. The Morgan fingerprint density at radius 1 is 1.21 bits per heavy atom. The highest BCUT2D eigenvalue weighted by atomic mass is 32.1. The van der Waals surface area contributed by atoms with Crippen molar-refractivity contribution in [3.8, 4) is 5.75 Å². The van der Waals surface area contributed by atoms with Gasteiger partial charge in [-0.05, 0) is 43.8 Å². The summed E-state index contributed by atoms with van der Waals surface area (Å²) in [5.41, 5.74) is 0.905. The zero-order valence-corrected chi connectivity index (χ0v) is 11.5. The summed E-state index contributed by atoms with van der Waals surface area (Å²) in [6, 6.07) is 10.9. The van der Waals surface area contributed by atoms with E-state index in [0.717, 1.165) is 10.4 Å². The molecule has 1 aromatic heterocycles. The van der Waals surface area contributed by atoms with Crippen molar-refractivity contribution in [1.29, 1.82) is 0 Å². The molecule has 0 bridgehead atoms. The fourth-order valence-electron chi connectivity index (χ4n) is 1.95. The van der Waals surface area contributed by atoms with Crippen LogP contribution in [0.25, 0.3) is 0 Å². The zero-order valence-electron chi connectivity index (χ0n) is 10.7. The monoisotopic (exact) mass is 283 g/mol. The Kier molecular flexibility index (Phi) is 4.50. The van der Waals surface area contributed by atoms with Gasteiger partial charge in [-0.15, -0.1) is 11.3 Å². The number of ether oxygens (including phenoxy) is 1. The first-order chi connectivity index (χ1) is 9.10. The molecule has 1 heterocycles. The molecular weight excluding hydrogens is 268 g/mol. The molecule has 5 heteroatoms. The van der Waals surface area contributed by atoms with Crippen molar-refractivity contribution in [1.82, 2.24) is 5.32 Å². The van der Waals surface area contributed by atoms with E-state index in [1.165, 1.54) is 10.9 Å². The van der Waals surface area contributed by atoms with E-state index in [-0.39, 0.29) is 11.8 Å². The highest BCUT2D eigenvalue weighted by Crippen LogP contribution is 2.30. The lowest BCUT2D eigenvalue weighted by Crippen LogP contribution is -2.16. The van der Waals surface area contributed by atoms with Gasteiger partial charge in [0.2, 0.25) is 0 Å². The third-order valence-electron chi connectivity index (χ3n) is 2.75. The minimum Gasteiger partial charge on any atom is -0.435 e. The lowest BCUT2D eigenvalue weighted by Gasteiger charge is -2.16. The van der Waals surface area contributed by atoms with Crippen molar-refractivity contribution in [3.05, 3.63) is 51.7 Å². The lowest BCUT2D eigenvalue weighted by atomic mass is 10.1. The zero-order chi connectivity index (χ0) is 13.8. The molecule has 0 aliphatic rings. The van der Waals surface area contributed by atoms with Crippen LogP contribution in [0.5, 0.6) is 5.75 Å². The van der Waals surface area contributed by atoms with Crippen LogP contribution in [-0.2, 0) is 0 Å². The van der Waals surface area contributed by atoms with Crippen LogP contribution < -0.4 is 10.1 Å². The summed E-state index contributed by atoms with van der Waals surface area (Å²) < 4.78 is 28.9. The van der Waals surface area contributed by atoms with Crippen LogP contribution in [0.1, 0.15) is 21.4 Å². The number of hydrogen-bond donors (Lipinski definition) is 1. The van der Waals surface area contributed by atoms with Gasteiger partial charge in [0.1, 0.15) is 5.75 Å². The summed E-state index contributed by atoms with van der Waals surface area (Å²) in [4.78, 5) is 2.37. The molecule has 0 spiro atoms. The lowest BCUT2D eigenvalue weighted by molar-refractivity contribution is -0.0498. The first-order valence-electron chi connectivity index (χ1n) is 5.88. The van der Waals surface area contributed by atoms with Crippen LogP contribution in [0.4, 0.5) is 8.78 Å². The second-order valence-corrected chi connectivity index (χ2v) is 5.44. The number of nitrogens with one attached hydrogen (secondary N) is 1. The van der Waals surface area contributed by atoms with Crippen molar-refractivity contribution < 1.29 is 13.5 Å². The third kappa shape index (κ3) is 3.52. The normalized spacial score (nSPS) is 12.7.